The van der Waals surface area contributed by atoms with E-state index in [-0.39, 0.29) is 24.4 Å². The third-order valence-corrected chi connectivity index (χ3v) is 5.04. The Balaban J connectivity index is 1.55. The van der Waals surface area contributed by atoms with Gasteiger partial charge in [-0.3, -0.25) is 9.59 Å². The van der Waals surface area contributed by atoms with Gasteiger partial charge in [-0.05, 0) is 32.0 Å². The highest BCUT2D eigenvalue weighted by Crippen LogP contribution is 2.25. The van der Waals surface area contributed by atoms with Gasteiger partial charge in [0.25, 0.3) is 5.91 Å². The van der Waals surface area contributed by atoms with Crippen molar-refractivity contribution in [3.63, 3.8) is 0 Å². The van der Waals surface area contributed by atoms with E-state index in [4.69, 9.17) is 14.2 Å². The van der Waals surface area contributed by atoms with Gasteiger partial charge in [0.1, 0.15) is 6.10 Å². The Hall–Kier alpha value is -2.71. The van der Waals surface area contributed by atoms with Crippen molar-refractivity contribution < 1.29 is 23.8 Å². The van der Waals surface area contributed by atoms with Crippen molar-refractivity contribution in [2.24, 2.45) is 0 Å². The zero-order valence-electron chi connectivity index (χ0n) is 16.6. The SMILES string of the molecule is CC1(C)OC[C@H](CN(Cc2ccnn2-c2ccccc2)C(=O)[C@H]2CCC(=O)O2)O1. The normalized spacial score (nSPS) is 23.2. The fraction of sp³-hybridized carbons (Fsp3) is 0.476. The van der Waals surface area contributed by atoms with Crippen molar-refractivity contribution in [3.05, 3.63) is 48.3 Å². The molecule has 0 N–H and O–H groups in total. The molecule has 0 radical (unpaired) electrons. The first kappa shape index (κ1) is 19.6. The predicted molar refractivity (Wildman–Crippen MR) is 103 cm³/mol. The van der Waals surface area contributed by atoms with Crippen molar-refractivity contribution in [2.75, 3.05) is 13.2 Å². The van der Waals surface area contributed by atoms with E-state index < -0.39 is 11.9 Å². The Morgan fingerprint density at radius 2 is 2.07 bits per heavy atom. The third kappa shape index (κ3) is 4.49. The number of cyclic esters (lactones) is 1. The molecule has 8 heteroatoms. The summed E-state index contributed by atoms with van der Waals surface area (Å²) in [5.74, 6) is -1.23. The van der Waals surface area contributed by atoms with Crippen LogP contribution in [0.2, 0.25) is 0 Å². The highest BCUT2D eigenvalue weighted by atomic mass is 16.7. The number of esters is 1. The van der Waals surface area contributed by atoms with Crippen molar-refractivity contribution in [2.45, 2.75) is 51.2 Å². The van der Waals surface area contributed by atoms with Gasteiger partial charge in [-0.25, -0.2) is 4.68 Å². The molecule has 2 saturated heterocycles. The number of hydrogen-bond donors (Lipinski definition) is 0. The molecule has 4 rings (SSSR count). The largest absolute Gasteiger partial charge is 0.452 e. The van der Waals surface area contributed by atoms with Gasteiger partial charge in [0.05, 0.1) is 24.5 Å². The molecule has 1 aromatic heterocycles. The van der Waals surface area contributed by atoms with Crippen LogP contribution < -0.4 is 0 Å². The molecule has 0 saturated carbocycles. The van der Waals surface area contributed by atoms with E-state index in [9.17, 15) is 9.59 Å². The summed E-state index contributed by atoms with van der Waals surface area (Å²) in [7, 11) is 0. The van der Waals surface area contributed by atoms with Crippen LogP contribution in [-0.4, -0.2) is 57.7 Å². The lowest BCUT2D eigenvalue weighted by Gasteiger charge is -2.28. The molecule has 2 aliphatic heterocycles. The van der Waals surface area contributed by atoms with Crippen LogP contribution in [0, 0.1) is 0 Å². The molecule has 2 atom stereocenters. The lowest BCUT2D eigenvalue weighted by atomic mass is 10.2. The van der Waals surface area contributed by atoms with Gasteiger partial charge in [-0.1, -0.05) is 18.2 Å². The minimum atomic E-state index is -0.745. The van der Waals surface area contributed by atoms with E-state index in [1.165, 1.54) is 0 Å². The van der Waals surface area contributed by atoms with Gasteiger partial charge < -0.3 is 19.1 Å². The first-order valence-corrected chi connectivity index (χ1v) is 9.80. The van der Waals surface area contributed by atoms with Crippen molar-refractivity contribution >= 4 is 11.9 Å². The van der Waals surface area contributed by atoms with Gasteiger partial charge >= 0.3 is 5.97 Å². The molecule has 0 spiro atoms. The summed E-state index contributed by atoms with van der Waals surface area (Å²) in [4.78, 5) is 26.3. The maximum atomic E-state index is 13.1. The first-order chi connectivity index (χ1) is 13.9. The minimum absolute atomic E-state index is 0.218. The number of nitrogens with zero attached hydrogens (tertiary/aromatic N) is 3. The molecule has 8 nitrogen and oxygen atoms in total. The van der Waals surface area contributed by atoms with E-state index in [1.807, 2.05) is 50.2 Å². The maximum absolute atomic E-state index is 13.1. The summed E-state index contributed by atoms with van der Waals surface area (Å²) in [6.45, 7) is 4.77. The van der Waals surface area contributed by atoms with Crippen LogP contribution in [0.5, 0.6) is 0 Å². The van der Waals surface area contributed by atoms with E-state index in [0.29, 0.717) is 26.1 Å². The Kier molecular flexibility index (Phi) is 5.38. The quantitative estimate of drug-likeness (QED) is 0.692. The molecule has 154 valence electrons. The lowest BCUT2D eigenvalue weighted by molar-refractivity contribution is -0.157. The van der Waals surface area contributed by atoms with Crippen molar-refractivity contribution in [1.82, 2.24) is 14.7 Å². The molecule has 0 aliphatic carbocycles. The van der Waals surface area contributed by atoms with Crippen LogP contribution >= 0.6 is 0 Å². The number of rotatable bonds is 6. The van der Waals surface area contributed by atoms with Crippen molar-refractivity contribution in [3.8, 4) is 5.69 Å². The summed E-state index contributed by atoms with van der Waals surface area (Å²) in [6, 6.07) is 11.6. The van der Waals surface area contributed by atoms with E-state index in [1.54, 1.807) is 15.8 Å². The maximum Gasteiger partial charge on any atom is 0.306 e. The molecule has 2 aromatic rings. The number of para-hydroxylation sites is 1. The van der Waals surface area contributed by atoms with Gasteiger partial charge in [-0.2, -0.15) is 5.10 Å². The van der Waals surface area contributed by atoms with E-state index >= 15 is 0 Å². The fourth-order valence-corrected chi connectivity index (χ4v) is 3.68. The molecule has 0 bridgehead atoms. The van der Waals surface area contributed by atoms with Crippen molar-refractivity contribution in [1.29, 1.82) is 0 Å². The molecule has 0 unspecified atom stereocenters. The second-order valence-corrected chi connectivity index (χ2v) is 7.76. The average molecular weight is 399 g/mol. The highest BCUT2D eigenvalue weighted by Gasteiger charge is 2.38. The summed E-state index contributed by atoms with van der Waals surface area (Å²) < 4.78 is 18.6. The number of benzene rings is 1. The summed E-state index contributed by atoms with van der Waals surface area (Å²) in [6.07, 6.45) is 1.38. The van der Waals surface area contributed by atoms with Crippen LogP contribution in [0.25, 0.3) is 5.69 Å². The molecular formula is C21H25N3O5. The minimum Gasteiger partial charge on any atom is -0.452 e. The molecule has 1 amide bonds. The Bertz CT molecular complexity index is 879. The first-order valence-electron chi connectivity index (χ1n) is 9.80. The van der Waals surface area contributed by atoms with Gasteiger partial charge in [-0.15, -0.1) is 0 Å². The molecule has 2 aliphatic rings. The zero-order valence-corrected chi connectivity index (χ0v) is 16.6. The zero-order chi connectivity index (χ0) is 20.4. The van der Waals surface area contributed by atoms with Gasteiger partial charge in [0.15, 0.2) is 11.9 Å². The molecule has 29 heavy (non-hydrogen) atoms. The van der Waals surface area contributed by atoms with Gasteiger partial charge in [0.2, 0.25) is 0 Å². The van der Waals surface area contributed by atoms with Gasteiger partial charge in [0, 0.05) is 25.6 Å². The van der Waals surface area contributed by atoms with E-state index in [2.05, 4.69) is 5.10 Å². The Morgan fingerprint density at radius 3 is 2.72 bits per heavy atom. The third-order valence-electron chi connectivity index (χ3n) is 5.04. The lowest BCUT2D eigenvalue weighted by Crippen LogP contribution is -2.44. The predicted octanol–water partition coefficient (Wildman–Crippen LogP) is 2.06. The average Bonchev–Trinajstić information content (AvgIpc) is 3.42. The highest BCUT2D eigenvalue weighted by molar-refractivity contribution is 5.86. The van der Waals surface area contributed by atoms with Crippen LogP contribution in [0.1, 0.15) is 32.4 Å². The number of ether oxygens (including phenoxy) is 3. The molecule has 1 aromatic carbocycles. The number of amides is 1. The molecule has 3 heterocycles. The monoisotopic (exact) mass is 399 g/mol. The molecule has 2 fully saturated rings. The Labute approximate surface area is 169 Å². The number of carbonyl (C=O) groups excluding carboxylic acids is 2. The number of aromatic nitrogens is 2. The second kappa shape index (κ2) is 7.96. The fourth-order valence-electron chi connectivity index (χ4n) is 3.68. The van der Waals surface area contributed by atoms with Crippen LogP contribution in [0.4, 0.5) is 0 Å². The van der Waals surface area contributed by atoms with Crippen LogP contribution in [-0.2, 0) is 30.3 Å². The topological polar surface area (TPSA) is 82.9 Å². The smallest absolute Gasteiger partial charge is 0.306 e. The van der Waals surface area contributed by atoms with E-state index in [0.717, 1.165) is 11.4 Å². The summed E-state index contributed by atoms with van der Waals surface area (Å²) in [5.41, 5.74) is 1.76. The second-order valence-electron chi connectivity index (χ2n) is 7.76. The molecular weight excluding hydrogens is 374 g/mol. The summed E-state index contributed by atoms with van der Waals surface area (Å²) in [5, 5.41) is 4.40. The Morgan fingerprint density at radius 1 is 1.28 bits per heavy atom. The van der Waals surface area contributed by atoms with Crippen LogP contribution in [0.15, 0.2) is 42.6 Å². The van der Waals surface area contributed by atoms with Crippen LogP contribution in [0.3, 0.4) is 0 Å². The standard InChI is InChI=1S/C21H25N3O5/c1-21(2)27-14-17(29-21)13-23(20(26)18-8-9-19(25)28-18)12-16-10-11-22-24(16)15-6-4-3-5-7-15/h3-7,10-11,17-18H,8-9,12-14H2,1-2H3/t17-,18+/m0/s1. The summed E-state index contributed by atoms with van der Waals surface area (Å²) >= 11 is 0. The number of carbonyl (C=O) groups is 2. The number of hydrogen-bond acceptors (Lipinski definition) is 6.